The third kappa shape index (κ3) is 4.42. The first-order chi connectivity index (χ1) is 16.0. The van der Waals surface area contributed by atoms with Crippen molar-refractivity contribution in [1.82, 2.24) is 19.7 Å². The highest BCUT2D eigenvalue weighted by Crippen LogP contribution is 2.33. The number of rotatable bonds is 5. The van der Waals surface area contributed by atoms with Gasteiger partial charge in [-0.15, -0.1) is 0 Å². The second-order valence-corrected chi connectivity index (χ2v) is 8.49. The van der Waals surface area contributed by atoms with Gasteiger partial charge in [0, 0.05) is 19.2 Å². The fraction of sp³-hybridized carbons (Fsp3) is 0.391. The van der Waals surface area contributed by atoms with Gasteiger partial charge in [-0.1, -0.05) is 12.8 Å². The lowest BCUT2D eigenvalue weighted by Crippen LogP contribution is -2.48. The Bertz CT molecular complexity index is 1170. The van der Waals surface area contributed by atoms with Crippen molar-refractivity contribution in [3.63, 3.8) is 0 Å². The number of nitrogens with zero attached hydrogens (tertiary/aromatic N) is 5. The molecule has 33 heavy (non-hydrogen) atoms. The van der Waals surface area contributed by atoms with Gasteiger partial charge in [0.15, 0.2) is 23.3 Å². The van der Waals surface area contributed by atoms with Crippen LogP contribution < -0.4 is 10.2 Å². The summed E-state index contributed by atoms with van der Waals surface area (Å²) in [5.41, 5.74) is 1.85. The van der Waals surface area contributed by atoms with Crippen LogP contribution in [0, 0.1) is 17.5 Å². The Balaban J connectivity index is 1.27. The van der Waals surface area contributed by atoms with E-state index in [4.69, 9.17) is 4.98 Å². The van der Waals surface area contributed by atoms with Crippen LogP contribution in [0.2, 0.25) is 0 Å². The van der Waals surface area contributed by atoms with Gasteiger partial charge in [-0.25, -0.2) is 23.1 Å². The van der Waals surface area contributed by atoms with Gasteiger partial charge in [0.25, 0.3) is 0 Å². The van der Waals surface area contributed by atoms with Crippen molar-refractivity contribution in [2.45, 2.75) is 51.1 Å². The molecule has 0 aliphatic carbocycles. The van der Waals surface area contributed by atoms with Gasteiger partial charge >= 0.3 is 0 Å². The lowest BCUT2D eigenvalue weighted by molar-refractivity contribution is -0.117. The number of aryl methyl sites for hydroxylation is 2. The molecule has 1 atom stereocenters. The fourth-order valence-corrected chi connectivity index (χ4v) is 4.45. The SMILES string of the molecule is O=C1Nc2cnc(CCc3cnn(Cc4cc(F)c(F)c(F)c4)c3)nc2N2CCCCCC12. The standard InChI is InChI=1S/C23H23F3N6O/c24-16-8-15(9-17(25)21(16)26)13-31-12-14(10-28-31)5-6-20-27-11-18-22(30-20)32-7-3-1-2-4-19(32)23(33)29-18/h8-12,19H,1-7,13H2,(H,29,33). The Kier molecular flexibility index (Phi) is 5.74. The van der Waals surface area contributed by atoms with Crippen molar-refractivity contribution in [3.05, 3.63) is 65.1 Å². The van der Waals surface area contributed by atoms with E-state index in [1.807, 2.05) is 0 Å². The van der Waals surface area contributed by atoms with E-state index in [0.717, 1.165) is 55.7 Å². The molecule has 3 aromatic rings. The van der Waals surface area contributed by atoms with Crippen LogP contribution in [-0.4, -0.2) is 38.2 Å². The molecular weight excluding hydrogens is 433 g/mol. The highest BCUT2D eigenvalue weighted by Gasteiger charge is 2.34. The monoisotopic (exact) mass is 456 g/mol. The van der Waals surface area contributed by atoms with Crippen LogP contribution in [0.4, 0.5) is 24.7 Å². The summed E-state index contributed by atoms with van der Waals surface area (Å²) >= 11 is 0. The van der Waals surface area contributed by atoms with Gasteiger partial charge in [0.2, 0.25) is 5.91 Å². The zero-order chi connectivity index (χ0) is 22.9. The number of halogens is 3. The minimum absolute atomic E-state index is 0.00841. The van der Waals surface area contributed by atoms with Crippen LogP contribution in [0.25, 0.3) is 0 Å². The number of hydrogen-bond donors (Lipinski definition) is 1. The van der Waals surface area contributed by atoms with E-state index in [0.29, 0.717) is 24.4 Å². The van der Waals surface area contributed by atoms with Crippen LogP contribution in [0.1, 0.15) is 42.6 Å². The molecule has 1 unspecified atom stereocenters. The van der Waals surface area contributed by atoms with E-state index in [-0.39, 0.29) is 24.1 Å². The number of fused-ring (bicyclic) bond motifs is 3. The summed E-state index contributed by atoms with van der Waals surface area (Å²) in [5, 5.41) is 7.16. The molecule has 2 aliphatic rings. The van der Waals surface area contributed by atoms with Crippen molar-refractivity contribution >= 4 is 17.4 Å². The minimum atomic E-state index is -1.48. The summed E-state index contributed by atoms with van der Waals surface area (Å²) in [7, 11) is 0. The molecule has 5 rings (SSSR count). The number of aromatic nitrogens is 4. The Morgan fingerprint density at radius 3 is 2.67 bits per heavy atom. The molecule has 0 bridgehead atoms. The average Bonchev–Trinajstić information content (AvgIpc) is 3.08. The number of anilines is 2. The van der Waals surface area contributed by atoms with Crippen LogP contribution >= 0.6 is 0 Å². The smallest absolute Gasteiger partial charge is 0.247 e. The summed E-state index contributed by atoms with van der Waals surface area (Å²) in [6.07, 6.45) is 10.3. The molecule has 1 aromatic carbocycles. The molecule has 1 N–H and O–H groups in total. The average molecular weight is 456 g/mol. The molecule has 172 valence electrons. The third-order valence-corrected chi connectivity index (χ3v) is 6.12. The molecule has 4 heterocycles. The minimum Gasteiger partial charge on any atom is -0.343 e. The van der Waals surface area contributed by atoms with Crippen molar-refractivity contribution in [1.29, 1.82) is 0 Å². The molecule has 10 heteroatoms. The van der Waals surface area contributed by atoms with Gasteiger partial charge in [0.05, 0.1) is 18.9 Å². The van der Waals surface area contributed by atoms with Crippen LogP contribution in [-0.2, 0) is 24.2 Å². The van der Waals surface area contributed by atoms with Gasteiger partial charge in [-0.2, -0.15) is 5.10 Å². The number of hydrogen-bond acceptors (Lipinski definition) is 5. The first-order valence-electron chi connectivity index (χ1n) is 11.1. The van der Waals surface area contributed by atoms with Crippen LogP contribution in [0.5, 0.6) is 0 Å². The first-order valence-corrected chi connectivity index (χ1v) is 11.1. The normalized spacial score (nSPS) is 17.8. The van der Waals surface area contributed by atoms with Gasteiger partial charge in [-0.3, -0.25) is 9.48 Å². The van der Waals surface area contributed by atoms with E-state index in [1.54, 1.807) is 23.3 Å². The molecule has 0 saturated carbocycles. The maximum absolute atomic E-state index is 13.4. The summed E-state index contributed by atoms with van der Waals surface area (Å²) in [6.45, 7) is 0.929. The lowest BCUT2D eigenvalue weighted by atomic mass is 10.1. The van der Waals surface area contributed by atoms with Crippen molar-refractivity contribution in [2.75, 3.05) is 16.8 Å². The van der Waals surface area contributed by atoms with Gasteiger partial charge in [-0.05, 0) is 42.5 Å². The largest absolute Gasteiger partial charge is 0.343 e. The number of carbonyl (C=O) groups excluding carboxylic acids is 1. The maximum Gasteiger partial charge on any atom is 0.247 e. The quantitative estimate of drug-likeness (QED) is 0.594. The number of carbonyl (C=O) groups is 1. The van der Waals surface area contributed by atoms with Crippen molar-refractivity contribution < 1.29 is 18.0 Å². The lowest BCUT2D eigenvalue weighted by Gasteiger charge is -2.35. The molecule has 0 radical (unpaired) electrons. The Labute approximate surface area is 188 Å². The molecular formula is C23H23F3N6O. The third-order valence-electron chi connectivity index (χ3n) is 6.12. The number of nitrogens with one attached hydrogen (secondary N) is 1. The molecule has 2 aliphatic heterocycles. The number of amides is 1. The Morgan fingerprint density at radius 2 is 1.85 bits per heavy atom. The summed E-state index contributed by atoms with van der Waals surface area (Å²) in [5.74, 6) is -2.45. The summed E-state index contributed by atoms with van der Waals surface area (Å²) in [6, 6.07) is 1.76. The molecule has 1 saturated heterocycles. The van der Waals surface area contributed by atoms with E-state index in [1.165, 1.54) is 0 Å². The van der Waals surface area contributed by atoms with Crippen molar-refractivity contribution in [3.8, 4) is 0 Å². The molecule has 1 fully saturated rings. The predicted octanol–water partition coefficient (Wildman–Crippen LogP) is 3.63. The van der Waals surface area contributed by atoms with E-state index >= 15 is 0 Å². The molecule has 1 amide bonds. The van der Waals surface area contributed by atoms with Crippen molar-refractivity contribution in [2.24, 2.45) is 0 Å². The highest BCUT2D eigenvalue weighted by molar-refractivity contribution is 6.02. The molecule has 0 spiro atoms. The first kappa shape index (κ1) is 21.4. The summed E-state index contributed by atoms with van der Waals surface area (Å²) in [4.78, 5) is 23.7. The second-order valence-electron chi connectivity index (χ2n) is 8.49. The number of benzene rings is 1. The predicted molar refractivity (Wildman–Crippen MR) is 115 cm³/mol. The molecule has 2 aromatic heterocycles. The fourth-order valence-electron chi connectivity index (χ4n) is 4.45. The zero-order valence-electron chi connectivity index (χ0n) is 17.9. The second kappa shape index (κ2) is 8.84. The topological polar surface area (TPSA) is 75.9 Å². The Morgan fingerprint density at radius 1 is 1.03 bits per heavy atom. The van der Waals surface area contributed by atoms with E-state index in [2.05, 4.69) is 20.3 Å². The highest BCUT2D eigenvalue weighted by atomic mass is 19.2. The van der Waals surface area contributed by atoms with Gasteiger partial charge in [0.1, 0.15) is 17.6 Å². The maximum atomic E-state index is 13.4. The van der Waals surface area contributed by atoms with Crippen LogP contribution in [0.3, 0.4) is 0 Å². The van der Waals surface area contributed by atoms with Gasteiger partial charge < -0.3 is 10.2 Å². The van der Waals surface area contributed by atoms with E-state index < -0.39 is 17.5 Å². The summed E-state index contributed by atoms with van der Waals surface area (Å²) < 4.78 is 41.6. The van der Waals surface area contributed by atoms with E-state index in [9.17, 15) is 18.0 Å². The molecule has 7 nitrogen and oxygen atoms in total. The zero-order valence-corrected chi connectivity index (χ0v) is 17.9. The Hall–Kier alpha value is -3.43. The van der Waals surface area contributed by atoms with Crippen LogP contribution in [0.15, 0.2) is 30.7 Å².